The third-order valence-electron chi connectivity index (χ3n) is 3.60. The van der Waals surface area contributed by atoms with Gasteiger partial charge in [0.1, 0.15) is 0 Å². The highest BCUT2D eigenvalue weighted by molar-refractivity contribution is 4.87. The van der Waals surface area contributed by atoms with E-state index in [9.17, 15) is 5.11 Å². The van der Waals surface area contributed by atoms with Gasteiger partial charge in [0, 0.05) is 25.5 Å². The lowest BCUT2D eigenvalue weighted by molar-refractivity contribution is 0.0808. The number of nitrogens with zero attached hydrogens (tertiary/aromatic N) is 2. The Kier molecular flexibility index (Phi) is 4.12. The molecule has 2 rings (SSSR count). The molecule has 0 unspecified atom stereocenters. The molecule has 1 aromatic heterocycles. The summed E-state index contributed by atoms with van der Waals surface area (Å²) in [4.78, 5) is 4.14. The number of hydrogen-bond donors (Lipinski definition) is 2. The fourth-order valence-corrected chi connectivity index (χ4v) is 2.55. The van der Waals surface area contributed by atoms with Crippen molar-refractivity contribution in [1.82, 2.24) is 15.5 Å². The van der Waals surface area contributed by atoms with Crippen molar-refractivity contribution in [2.75, 3.05) is 13.2 Å². The number of aliphatic hydroxyl groups excluding tert-OH is 1. The summed E-state index contributed by atoms with van der Waals surface area (Å²) >= 11 is 0. The summed E-state index contributed by atoms with van der Waals surface area (Å²) in [6, 6.07) is 0. The maximum Gasteiger partial charge on any atom is 0.223 e. The molecule has 0 radical (unpaired) electrons. The fourth-order valence-electron chi connectivity index (χ4n) is 2.55. The summed E-state index contributed by atoms with van der Waals surface area (Å²) in [5.41, 5.74) is 0.0665. The predicted molar refractivity (Wildman–Crippen MR) is 63.3 cm³/mol. The molecule has 0 aliphatic heterocycles. The molecule has 5 heteroatoms. The molecule has 0 aromatic carbocycles. The zero-order chi connectivity index (χ0) is 12.1. The molecule has 1 aliphatic carbocycles. The van der Waals surface area contributed by atoms with Crippen molar-refractivity contribution in [3.63, 3.8) is 0 Å². The quantitative estimate of drug-likeness (QED) is 0.813. The van der Waals surface area contributed by atoms with Crippen LogP contribution in [0.25, 0.3) is 0 Å². The lowest BCUT2D eigenvalue weighted by Crippen LogP contribution is -2.39. The van der Waals surface area contributed by atoms with Gasteiger partial charge < -0.3 is 14.9 Å². The lowest BCUT2D eigenvalue weighted by atomic mass is 9.74. The van der Waals surface area contributed by atoms with Gasteiger partial charge in [-0.2, -0.15) is 4.98 Å². The molecule has 0 atom stereocenters. The fraction of sp³-hybridized carbons (Fsp3) is 0.833. The van der Waals surface area contributed by atoms with Crippen molar-refractivity contribution in [2.24, 2.45) is 5.41 Å². The first-order chi connectivity index (χ1) is 8.24. The first-order valence-corrected chi connectivity index (χ1v) is 6.35. The van der Waals surface area contributed by atoms with Crippen LogP contribution in [0.15, 0.2) is 4.52 Å². The minimum atomic E-state index is 0.0665. The van der Waals surface area contributed by atoms with Crippen molar-refractivity contribution < 1.29 is 9.63 Å². The van der Waals surface area contributed by atoms with Crippen LogP contribution >= 0.6 is 0 Å². The second-order valence-corrected chi connectivity index (χ2v) is 5.05. The largest absolute Gasteiger partial charge is 0.396 e. The Balaban J connectivity index is 1.79. The molecule has 1 heterocycles. The third kappa shape index (κ3) is 3.26. The van der Waals surface area contributed by atoms with Gasteiger partial charge in [-0.3, -0.25) is 0 Å². The van der Waals surface area contributed by atoms with Crippen molar-refractivity contribution in [3.05, 3.63) is 11.7 Å². The Labute approximate surface area is 102 Å². The standard InChI is InChI=1S/C12H21N3O2/c1-10-14-11(15-17-10)7-13-8-12(9-16)5-3-2-4-6-12/h13,16H,2-9H2,1H3. The van der Waals surface area contributed by atoms with Gasteiger partial charge in [0.2, 0.25) is 5.89 Å². The van der Waals surface area contributed by atoms with Gasteiger partial charge >= 0.3 is 0 Å². The minimum absolute atomic E-state index is 0.0665. The molecule has 0 spiro atoms. The third-order valence-corrected chi connectivity index (χ3v) is 3.60. The van der Waals surface area contributed by atoms with Crippen molar-refractivity contribution in [2.45, 2.75) is 45.6 Å². The first kappa shape index (κ1) is 12.5. The molecule has 0 bridgehead atoms. The monoisotopic (exact) mass is 239 g/mol. The number of aliphatic hydroxyl groups is 1. The molecule has 1 fully saturated rings. The van der Waals surface area contributed by atoms with Gasteiger partial charge in [-0.1, -0.05) is 24.4 Å². The molecular weight excluding hydrogens is 218 g/mol. The van der Waals surface area contributed by atoms with Crippen molar-refractivity contribution >= 4 is 0 Å². The average molecular weight is 239 g/mol. The molecular formula is C12H21N3O2. The van der Waals surface area contributed by atoms with Crippen LogP contribution in [0.1, 0.15) is 43.8 Å². The normalized spacial score (nSPS) is 19.4. The highest BCUT2D eigenvalue weighted by Gasteiger charge is 2.30. The minimum Gasteiger partial charge on any atom is -0.396 e. The zero-order valence-corrected chi connectivity index (χ0v) is 10.4. The second kappa shape index (κ2) is 5.60. The molecule has 2 N–H and O–H groups in total. The van der Waals surface area contributed by atoms with E-state index >= 15 is 0 Å². The van der Waals surface area contributed by atoms with E-state index in [0.29, 0.717) is 18.3 Å². The predicted octanol–water partition coefficient (Wildman–Crippen LogP) is 1.41. The Morgan fingerprint density at radius 1 is 1.35 bits per heavy atom. The van der Waals surface area contributed by atoms with Crippen LogP contribution in [0.3, 0.4) is 0 Å². The Morgan fingerprint density at radius 2 is 2.12 bits per heavy atom. The average Bonchev–Trinajstić information content (AvgIpc) is 2.76. The Hall–Kier alpha value is -0.940. The SMILES string of the molecule is Cc1nc(CNCC2(CO)CCCCC2)no1. The van der Waals surface area contributed by atoms with Crippen LogP contribution in [-0.2, 0) is 6.54 Å². The summed E-state index contributed by atoms with van der Waals surface area (Å²) in [5.74, 6) is 1.28. The van der Waals surface area contributed by atoms with Gasteiger partial charge in [-0.25, -0.2) is 0 Å². The van der Waals surface area contributed by atoms with E-state index in [1.807, 2.05) is 0 Å². The molecule has 1 aromatic rings. The number of hydrogen-bond acceptors (Lipinski definition) is 5. The summed E-state index contributed by atoms with van der Waals surface area (Å²) in [5, 5.41) is 16.7. The molecule has 5 nitrogen and oxygen atoms in total. The van der Waals surface area contributed by atoms with Crippen LogP contribution in [-0.4, -0.2) is 28.4 Å². The van der Waals surface area contributed by atoms with E-state index < -0.39 is 0 Å². The van der Waals surface area contributed by atoms with Crippen LogP contribution in [0.2, 0.25) is 0 Å². The van der Waals surface area contributed by atoms with Gasteiger partial charge in [-0.15, -0.1) is 0 Å². The number of aromatic nitrogens is 2. The molecule has 1 saturated carbocycles. The Bertz CT molecular complexity index is 345. The van der Waals surface area contributed by atoms with Crippen molar-refractivity contribution in [3.8, 4) is 0 Å². The summed E-state index contributed by atoms with van der Waals surface area (Å²) in [7, 11) is 0. The van der Waals surface area contributed by atoms with E-state index in [1.165, 1.54) is 19.3 Å². The molecule has 1 aliphatic rings. The summed E-state index contributed by atoms with van der Waals surface area (Å²) in [6.45, 7) is 3.49. The van der Waals surface area contributed by atoms with Gasteiger partial charge in [0.25, 0.3) is 0 Å². The Morgan fingerprint density at radius 3 is 2.71 bits per heavy atom. The summed E-state index contributed by atoms with van der Waals surface area (Å²) < 4.78 is 4.91. The maximum atomic E-state index is 9.55. The molecule has 0 saturated heterocycles. The molecule has 96 valence electrons. The van der Waals surface area contributed by atoms with Gasteiger partial charge in [0.05, 0.1) is 6.54 Å². The van der Waals surface area contributed by atoms with Crippen LogP contribution in [0.4, 0.5) is 0 Å². The van der Waals surface area contributed by atoms with Crippen LogP contribution in [0, 0.1) is 12.3 Å². The van der Waals surface area contributed by atoms with Crippen molar-refractivity contribution in [1.29, 1.82) is 0 Å². The molecule has 17 heavy (non-hydrogen) atoms. The summed E-state index contributed by atoms with van der Waals surface area (Å²) in [6.07, 6.45) is 5.97. The van der Waals surface area contributed by atoms with E-state index in [-0.39, 0.29) is 12.0 Å². The number of rotatable bonds is 5. The van der Waals surface area contributed by atoms with Crippen LogP contribution < -0.4 is 5.32 Å². The smallest absolute Gasteiger partial charge is 0.223 e. The van der Waals surface area contributed by atoms with Gasteiger partial charge in [0.15, 0.2) is 5.82 Å². The number of aryl methyl sites for hydroxylation is 1. The molecule has 0 amide bonds. The highest BCUT2D eigenvalue weighted by atomic mass is 16.5. The van der Waals surface area contributed by atoms with Gasteiger partial charge in [-0.05, 0) is 12.8 Å². The zero-order valence-electron chi connectivity index (χ0n) is 10.4. The van der Waals surface area contributed by atoms with E-state index in [2.05, 4.69) is 15.5 Å². The lowest BCUT2D eigenvalue weighted by Gasteiger charge is -2.35. The highest BCUT2D eigenvalue weighted by Crippen LogP contribution is 2.35. The first-order valence-electron chi connectivity index (χ1n) is 6.35. The topological polar surface area (TPSA) is 71.2 Å². The maximum absolute atomic E-state index is 9.55. The van der Waals surface area contributed by atoms with E-state index in [1.54, 1.807) is 6.92 Å². The number of nitrogens with one attached hydrogen (secondary N) is 1. The van der Waals surface area contributed by atoms with E-state index in [0.717, 1.165) is 19.4 Å². The van der Waals surface area contributed by atoms with Crippen LogP contribution in [0.5, 0.6) is 0 Å². The second-order valence-electron chi connectivity index (χ2n) is 5.05. The van der Waals surface area contributed by atoms with E-state index in [4.69, 9.17) is 4.52 Å².